The third-order valence-electron chi connectivity index (χ3n) is 2.63. The minimum Gasteiger partial charge on any atom is -0.339 e. The topological polar surface area (TPSA) is 85.2 Å². The first kappa shape index (κ1) is 10.1. The highest BCUT2D eigenvalue weighted by Crippen LogP contribution is 2.18. The summed E-state index contributed by atoms with van der Waals surface area (Å²) in [6.07, 6.45) is 1.95. The van der Waals surface area contributed by atoms with E-state index in [9.17, 15) is 4.79 Å². The van der Waals surface area contributed by atoms with Crippen LogP contribution in [0.2, 0.25) is 0 Å². The Morgan fingerprint density at radius 2 is 2.53 bits per heavy atom. The Morgan fingerprint density at radius 3 is 3.13 bits per heavy atom. The van der Waals surface area contributed by atoms with E-state index in [0.717, 1.165) is 19.4 Å². The molecular weight excluding hydrogens is 196 g/mol. The molecular formula is C9H14N4O2. The third-order valence-corrected chi connectivity index (χ3v) is 2.63. The molecule has 1 aliphatic rings. The summed E-state index contributed by atoms with van der Waals surface area (Å²) in [7, 11) is 0. The number of aryl methyl sites for hydroxylation is 1. The number of nitrogens with zero attached hydrogens (tertiary/aromatic N) is 3. The molecule has 1 unspecified atom stereocenters. The van der Waals surface area contributed by atoms with Gasteiger partial charge in [0.15, 0.2) is 0 Å². The van der Waals surface area contributed by atoms with Crippen LogP contribution in [0.3, 0.4) is 0 Å². The van der Waals surface area contributed by atoms with Crippen molar-refractivity contribution in [2.45, 2.75) is 25.8 Å². The Morgan fingerprint density at radius 1 is 1.73 bits per heavy atom. The average Bonchev–Trinajstić information content (AvgIpc) is 2.84. The predicted octanol–water partition coefficient (Wildman–Crippen LogP) is -0.0587. The molecule has 0 bridgehead atoms. The van der Waals surface area contributed by atoms with Crippen LogP contribution in [0.25, 0.3) is 0 Å². The summed E-state index contributed by atoms with van der Waals surface area (Å²) in [5.74, 6) is 0.356. The van der Waals surface area contributed by atoms with Gasteiger partial charge >= 0.3 is 0 Å². The highest BCUT2D eigenvalue weighted by molar-refractivity contribution is 5.90. The molecule has 1 aromatic heterocycles. The molecule has 15 heavy (non-hydrogen) atoms. The average molecular weight is 210 g/mol. The fourth-order valence-corrected chi connectivity index (χ4v) is 1.86. The normalized spacial score (nSPS) is 20.9. The van der Waals surface area contributed by atoms with Crippen LogP contribution in [-0.2, 0) is 0 Å². The molecule has 0 aromatic carbocycles. The molecule has 1 aromatic rings. The highest BCUT2D eigenvalue weighted by atomic mass is 16.5. The quantitative estimate of drug-likeness (QED) is 0.739. The number of carbonyl (C=O) groups is 1. The van der Waals surface area contributed by atoms with Crippen molar-refractivity contribution in [3.63, 3.8) is 0 Å². The molecule has 2 N–H and O–H groups in total. The maximum atomic E-state index is 11.9. The minimum atomic E-state index is -0.181. The molecule has 0 radical (unpaired) electrons. The zero-order valence-corrected chi connectivity index (χ0v) is 8.64. The van der Waals surface area contributed by atoms with E-state index in [1.165, 1.54) is 0 Å². The smallest absolute Gasteiger partial charge is 0.295 e. The minimum absolute atomic E-state index is 0.122. The van der Waals surface area contributed by atoms with Gasteiger partial charge in [-0.3, -0.25) is 4.79 Å². The van der Waals surface area contributed by atoms with E-state index in [4.69, 9.17) is 10.3 Å². The van der Waals surface area contributed by atoms with Crippen molar-refractivity contribution < 1.29 is 9.32 Å². The van der Waals surface area contributed by atoms with Gasteiger partial charge in [-0.1, -0.05) is 5.16 Å². The second-order valence-electron chi connectivity index (χ2n) is 3.67. The van der Waals surface area contributed by atoms with E-state index < -0.39 is 0 Å². The Bertz CT molecular complexity index is 363. The number of hydrogen-bond acceptors (Lipinski definition) is 5. The van der Waals surface area contributed by atoms with Gasteiger partial charge in [0, 0.05) is 26.1 Å². The van der Waals surface area contributed by atoms with Crippen molar-refractivity contribution in [3.8, 4) is 0 Å². The standard InChI is InChI=1S/C9H14N4O2/c1-6-11-8(12-15-6)9(14)13-4-2-3-7(13)5-10/h7H,2-5,10H2,1H3. The molecule has 2 rings (SSSR count). The van der Waals surface area contributed by atoms with E-state index in [1.807, 2.05) is 0 Å². The lowest BCUT2D eigenvalue weighted by molar-refractivity contribution is 0.0725. The molecule has 6 heteroatoms. The molecule has 2 heterocycles. The summed E-state index contributed by atoms with van der Waals surface area (Å²) in [4.78, 5) is 17.6. The van der Waals surface area contributed by atoms with Crippen molar-refractivity contribution >= 4 is 5.91 Å². The molecule has 0 aliphatic carbocycles. The van der Waals surface area contributed by atoms with E-state index >= 15 is 0 Å². The van der Waals surface area contributed by atoms with Crippen molar-refractivity contribution in [1.29, 1.82) is 0 Å². The van der Waals surface area contributed by atoms with Crippen LogP contribution in [0, 0.1) is 6.92 Å². The van der Waals surface area contributed by atoms with E-state index in [1.54, 1.807) is 11.8 Å². The van der Waals surface area contributed by atoms with Crippen molar-refractivity contribution in [1.82, 2.24) is 15.0 Å². The predicted molar refractivity (Wildman–Crippen MR) is 52.1 cm³/mol. The summed E-state index contributed by atoms with van der Waals surface area (Å²) in [6, 6.07) is 0.122. The van der Waals surface area contributed by atoms with Gasteiger partial charge in [-0.05, 0) is 12.8 Å². The van der Waals surface area contributed by atoms with Crippen molar-refractivity contribution in [3.05, 3.63) is 11.7 Å². The van der Waals surface area contributed by atoms with Gasteiger partial charge in [0.05, 0.1) is 0 Å². The Balaban J connectivity index is 2.13. The molecule has 0 spiro atoms. The number of nitrogens with two attached hydrogens (primary N) is 1. The summed E-state index contributed by atoms with van der Waals surface area (Å²) < 4.78 is 4.77. The van der Waals surface area contributed by atoms with Crippen LogP contribution in [0.1, 0.15) is 29.4 Å². The number of hydrogen-bond donors (Lipinski definition) is 1. The van der Waals surface area contributed by atoms with Crippen LogP contribution >= 0.6 is 0 Å². The number of carbonyl (C=O) groups excluding carboxylic acids is 1. The van der Waals surface area contributed by atoms with Gasteiger partial charge < -0.3 is 15.2 Å². The molecule has 82 valence electrons. The van der Waals surface area contributed by atoms with E-state index in [2.05, 4.69) is 10.1 Å². The van der Waals surface area contributed by atoms with Gasteiger partial charge in [0.1, 0.15) is 0 Å². The SMILES string of the molecule is Cc1nc(C(=O)N2CCCC2CN)no1. The maximum Gasteiger partial charge on any atom is 0.295 e. The van der Waals surface area contributed by atoms with Crippen LogP contribution in [0.4, 0.5) is 0 Å². The number of amides is 1. The van der Waals surface area contributed by atoms with E-state index in [0.29, 0.717) is 12.4 Å². The molecule has 0 saturated carbocycles. The van der Waals surface area contributed by atoms with Gasteiger partial charge in [0.25, 0.3) is 11.7 Å². The van der Waals surface area contributed by atoms with Crippen molar-refractivity contribution in [2.24, 2.45) is 5.73 Å². The lowest BCUT2D eigenvalue weighted by Gasteiger charge is -2.21. The summed E-state index contributed by atoms with van der Waals surface area (Å²) in [5, 5.41) is 3.61. The van der Waals surface area contributed by atoms with Crippen LogP contribution in [-0.4, -0.2) is 40.1 Å². The Labute approximate surface area is 87.4 Å². The number of aromatic nitrogens is 2. The summed E-state index contributed by atoms with van der Waals surface area (Å²) >= 11 is 0. The first-order valence-electron chi connectivity index (χ1n) is 5.03. The number of rotatable bonds is 2. The van der Waals surface area contributed by atoms with Crippen LogP contribution in [0.5, 0.6) is 0 Å². The molecule has 6 nitrogen and oxygen atoms in total. The fraction of sp³-hybridized carbons (Fsp3) is 0.667. The maximum absolute atomic E-state index is 11.9. The summed E-state index contributed by atoms with van der Waals surface area (Å²) in [5.41, 5.74) is 5.59. The van der Waals surface area contributed by atoms with Gasteiger partial charge in [-0.2, -0.15) is 4.98 Å². The monoisotopic (exact) mass is 210 g/mol. The second-order valence-corrected chi connectivity index (χ2v) is 3.67. The van der Waals surface area contributed by atoms with Crippen LogP contribution < -0.4 is 5.73 Å². The van der Waals surface area contributed by atoms with Crippen LogP contribution in [0.15, 0.2) is 4.52 Å². The van der Waals surface area contributed by atoms with Gasteiger partial charge in [-0.15, -0.1) is 0 Å². The van der Waals surface area contributed by atoms with Gasteiger partial charge in [-0.25, -0.2) is 0 Å². The summed E-state index contributed by atoms with van der Waals surface area (Å²) in [6.45, 7) is 2.88. The largest absolute Gasteiger partial charge is 0.339 e. The molecule has 1 fully saturated rings. The highest BCUT2D eigenvalue weighted by Gasteiger charge is 2.30. The Kier molecular flexibility index (Phi) is 2.68. The number of likely N-dealkylation sites (tertiary alicyclic amines) is 1. The fourth-order valence-electron chi connectivity index (χ4n) is 1.86. The second kappa shape index (κ2) is 3.98. The van der Waals surface area contributed by atoms with Crippen molar-refractivity contribution in [2.75, 3.05) is 13.1 Å². The molecule has 1 atom stereocenters. The molecule has 1 amide bonds. The lowest BCUT2D eigenvalue weighted by Crippen LogP contribution is -2.40. The first-order valence-corrected chi connectivity index (χ1v) is 5.03. The van der Waals surface area contributed by atoms with E-state index in [-0.39, 0.29) is 17.8 Å². The lowest BCUT2D eigenvalue weighted by atomic mass is 10.2. The Hall–Kier alpha value is -1.43. The zero-order valence-electron chi connectivity index (χ0n) is 8.64. The molecule has 1 saturated heterocycles. The van der Waals surface area contributed by atoms with Gasteiger partial charge in [0.2, 0.25) is 5.89 Å². The molecule has 1 aliphatic heterocycles. The third kappa shape index (κ3) is 1.85. The first-order chi connectivity index (χ1) is 7.22. The zero-order chi connectivity index (χ0) is 10.8.